The summed E-state index contributed by atoms with van der Waals surface area (Å²) >= 11 is 7.49. The quantitative estimate of drug-likeness (QED) is 0.578. The van der Waals surface area contributed by atoms with Crippen LogP contribution in [0.5, 0.6) is 0 Å². The lowest BCUT2D eigenvalue weighted by molar-refractivity contribution is 0.646. The van der Waals surface area contributed by atoms with Gasteiger partial charge in [-0.05, 0) is 17.5 Å². The van der Waals surface area contributed by atoms with E-state index in [2.05, 4.69) is 10.4 Å². The molecule has 2 aromatic heterocycles. The molecule has 2 heterocycles. The van der Waals surface area contributed by atoms with Crippen molar-refractivity contribution in [3.63, 3.8) is 0 Å². The van der Waals surface area contributed by atoms with Crippen molar-refractivity contribution in [1.29, 1.82) is 0 Å². The number of rotatable bonds is 3. The summed E-state index contributed by atoms with van der Waals surface area (Å²) in [7, 11) is 0. The van der Waals surface area contributed by atoms with Crippen LogP contribution in [0, 0.1) is 0 Å². The average molecular weight is 255 g/mol. The van der Waals surface area contributed by atoms with Crippen LogP contribution in [0.1, 0.15) is 16.5 Å². The van der Waals surface area contributed by atoms with Gasteiger partial charge in [-0.1, -0.05) is 17.7 Å². The van der Waals surface area contributed by atoms with E-state index in [9.17, 15) is 0 Å². The van der Waals surface area contributed by atoms with E-state index in [4.69, 9.17) is 23.2 Å². The summed E-state index contributed by atoms with van der Waals surface area (Å²) in [5.41, 5.74) is 9.32. The summed E-state index contributed by atoms with van der Waals surface area (Å²) in [6.07, 6.45) is 1.52. The molecule has 16 heavy (non-hydrogen) atoms. The number of anilines is 1. The molecule has 0 saturated carbocycles. The number of hydrazine groups is 1. The molecule has 0 aromatic carbocycles. The topological polar surface area (TPSA) is 77.0 Å². The molecule has 0 aliphatic rings. The Morgan fingerprint density at radius 1 is 1.50 bits per heavy atom. The molecule has 0 radical (unpaired) electrons. The molecule has 1 atom stereocenters. The minimum absolute atomic E-state index is 0.175. The molecule has 0 bridgehead atoms. The van der Waals surface area contributed by atoms with Crippen molar-refractivity contribution >= 4 is 28.8 Å². The van der Waals surface area contributed by atoms with Gasteiger partial charge in [0.25, 0.3) is 0 Å². The molecule has 0 aliphatic carbocycles. The number of hydrogen-bond donors (Lipinski definition) is 3. The van der Waals surface area contributed by atoms with Gasteiger partial charge in [0.15, 0.2) is 0 Å². The Balaban J connectivity index is 2.44. The fourth-order valence-corrected chi connectivity index (χ4v) is 2.45. The van der Waals surface area contributed by atoms with E-state index < -0.39 is 0 Å². The van der Waals surface area contributed by atoms with Gasteiger partial charge in [0.1, 0.15) is 5.82 Å². The van der Waals surface area contributed by atoms with Crippen LogP contribution in [0.2, 0.25) is 5.02 Å². The molecule has 84 valence electrons. The number of nitrogens with one attached hydrogen (secondary N) is 1. The summed E-state index contributed by atoms with van der Waals surface area (Å²) in [5.74, 6) is 5.98. The minimum Gasteiger partial charge on any atom is -0.383 e. The van der Waals surface area contributed by atoms with Crippen molar-refractivity contribution in [2.45, 2.75) is 6.04 Å². The van der Waals surface area contributed by atoms with Crippen molar-refractivity contribution < 1.29 is 0 Å². The van der Waals surface area contributed by atoms with E-state index in [0.717, 1.165) is 10.4 Å². The van der Waals surface area contributed by atoms with Crippen LogP contribution in [-0.2, 0) is 0 Å². The molecule has 2 rings (SSSR count). The molecule has 2 aromatic rings. The molecule has 5 N–H and O–H groups in total. The lowest BCUT2D eigenvalue weighted by atomic mass is 10.1. The molecule has 0 aliphatic heterocycles. The maximum absolute atomic E-state index is 5.90. The van der Waals surface area contributed by atoms with E-state index in [1.54, 1.807) is 17.4 Å². The Labute approximate surface area is 102 Å². The molecule has 0 fully saturated rings. The second-order valence-corrected chi connectivity index (χ2v) is 4.66. The van der Waals surface area contributed by atoms with Gasteiger partial charge >= 0.3 is 0 Å². The monoisotopic (exact) mass is 254 g/mol. The van der Waals surface area contributed by atoms with Crippen LogP contribution in [0.25, 0.3) is 0 Å². The number of pyridine rings is 1. The third kappa shape index (κ3) is 2.17. The van der Waals surface area contributed by atoms with Gasteiger partial charge in [-0.3, -0.25) is 5.84 Å². The Morgan fingerprint density at radius 2 is 2.31 bits per heavy atom. The Morgan fingerprint density at radius 3 is 2.94 bits per heavy atom. The third-order valence-corrected chi connectivity index (χ3v) is 3.37. The van der Waals surface area contributed by atoms with Gasteiger partial charge in [0.05, 0.1) is 11.1 Å². The van der Waals surface area contributed by atoms with Crippen LogP contribution >= 0.6 is 22.9 Å². The van der Waals surface area contributed by atoms with Gasteiger partial charge in [-0.2, -0.15) is 0 Å². The van der Waals surface area contributed by atoms with Gasteiger partial charge < -0.3 is 5.73 Å². The van der Waals surface area contributed by atoms with Gasteiger partial charge in [-0.15, -0.1) is 11.3 Å². The second kappa shape index (κ2) is 4.80. The summed E-state index contributed by atoms with van der Waals surface area (Å²) < 4.78 is 0. The van der Waals surface area contributed by atoms with Gasteiger partial charge in [0, 0.05) is 16.6 Å². The average Bonchev–Trinajstić information content (AvgIpc) is 2.78. The predicted octanol–water partition coefficient (Wildman–Crippen LogP) is 1.93. The Bertz CT molecular complexity index is 472. The zero-order valence-corrected chi connectivity index (χ0v) is 9.92. The van der Waals surface area contributed by atoms with E-state index >= 15 is 0 Å². The molecular formula is C10H11ClN4S. The first-order valence-corrected chi connectivity index (χ1v) is 5.88. The van der Waals surface area contributed by atoms with Crippen LogP contribution in [0.3, 0.4) is 0 Å². The lowest BCUT2D eigenvalue weighted by Crippen LogP contribution is -2.29. The Hall–Kier alpha value is -1.14. The fourth-order valence-electron chi connectivity index (χ4n) is 1.48. The second-order valence-electron chi connectivity index (χ2n) is 3.24. The van der Waals surface area contributed by atoms with Gasteiger partial charge in [-0.25, -0.2) is 10.4 Å². The third-order valence-electron chi connectivity index (χ3n) is 2.22. The van der Waals surface area contributed by atoms with E-state index in [1.165, 1.54) is 6.20 Å². The molecule has 6 heteroatoms. The molecule has 0 saturated heterocycles. The van der Waals surface area contributed by atoms with Crippen molar-refractivity contribution in [2.24, 2.45) is 5.84 Å². The Kier molecular flexibility index (Phi) is 3.40. The standard InChI is InChI=1S/C10H11ClN4S/c11-6-4-7(10(12)14-5-6)9(15-13)8-2-1-3-16-8/h1-5,9,15H,13H2,(H2,12,14). The first-order chi connectivity index (χ1) is 7.72. The minimum atomic E-state index is -0.175. The number of nitrogens with two attached hydrogens (primary N) is 2. The summed E-state index contributed by atoms with van der Waals surface area (Å²) in [4.78, 5) is 5.08. The van der Waals surface area contributed by atoms with Gasteiger partial charge in [0.2, 0.25) is 0 Å². The molecule has 0 spiro atoms. The molecule has 4 nitrogen and oxygen atoms in total. The maximum atomic E-state index is 5.90. The number of nitrogens with zero attached hydrogens (tertiary/aromatic N) is 1. The number of nitrogen functional groups attached to an aromatic ring is 1. The normalized spacial score (nSPS) is 12.6. The van der Waals surface area contributed by atoms with Crippen molar-refractivity contribution in [2.75, 3.05) is 5.73 Å². The highest BCUT2D eigenvalue weighted by Gasteiger charge is 2.17. The lowest BCUT2D eigenvalue weighted by Gasteiger charge is -2.16. The first kappa shape index (κ1) is 11.3. The zero-order chi connectivity index (χ0) is 11.5. The van der Waals surface area contributed by atoms with Crippen LogP contribution in [0.4, 0.5) is 5.82 Å². The highest BCUT2D eigenvalue weighted by atomic mass is 35.5. The fraction of sp³-hybridized carbons (Fsp3) is 0.100. The van der Waals surface area contributed by atoms with Crippen LogP contribution in [0.15, 0.2) is 29.8 Å². The number of aromatic nitrogens is 1. The molecule has 1 unspecified atom stereocenters. The largest absolute Gasteiger partial charge is 0.383 e. The van der Waals surface area contributed by atoms with E-state index in [-0.39, 0.29) is 6.04 Å². The smallest absolute Gasteiger partial charge is 0.128 e. The molecule has 0 amide bonds. The number of hydrogen-bond acceptors (Lipinski definition) is 5. The summed E-state index contributed by atoms with van der Waals surface area (Å²) in [5, 5.41) is 2.52. The summed E-state index contributed by atoms with van der Waals surface area (Å²) in [6.45, 7) is 0. The SMILES string of the molecule is NNC(c1cccs1)c1cc(Cl)cnc1N. The van der Waals surface area contributed by atoms with E-state index in [0.29, 0.717) is 10.8 Å². The highest BCUT2D eigenvalue weighted by molar-refractivity contribution is 7.10. The van der Waals surface area contributed by atoms with E-state index in [1.807, 2.05) is 17.5 Å². The molecular weight excluding hydrogens is 244 g/mol. The maximum Gasteiger partial charge on any atom is 0.128 e. The number of thiophene rings is 1. The van der Waals surface area contributed by atoms with Crippen molar-refractivity contribution in [3.8, 4) is 0 Å². The summed E-state index contributed by atoms with van der Waals surface area (Å²) in [6, 6.07) is 5.54. The van der Waals surface area contributed by atoms with Crippen molar-refractivity contribution in [3.05, 3.63) is 45.2 Å². The first-order valence-electron chi connectivity index (χ1n) is 4.63. The van der Waals surface area contributed by atoms with Crippen LogP contribution in [-0.4, -0.2) is 4.98 Å². The predicted molar refractivity (Wildman–Crippen MR) is 67.1 cm³/mol. The van der Waals surface area contributed by atoms with Crippen LogP contribution < -0.4 is 17.0 Å². The zero-order valence-electron chi connectivity index (χ0n) is 8.35. The van der Waals surface area contributed by atoms with Crippen molar-refractivity contribution in [1.82, 2.24) is 10.4 Å². The number of halogens is 1. The highest BCUT2D eigenvalue weighted by Crippen LogP contribution is 2.29.